The normalized spacial score (nSPS) is 33.8. The van der Waals surface area contributed by atoms with E-state index in [0.717, 1.165) is 4.90 Å². The number of nitrogens with one attached hydrogen (secondary N) is 5. The number of nitrogens with zero attached hydrogens (tertiary/aromatic N) is 10. The van der Waals surface area contributed by atoms with E-state index in [-0.39, 0.29) is 166 Å². The van der Waals surface area contributed by atoms with Gasteiger partial charge in [-0.25, -0.2) is 0 Å². The number of ether oxygens (including phenoxy) is 10. The SMILES string of the molecule is [2H]C1([2H])Oc2ccc(C3c4[nH]c5ccccc5c4C([2H])([2H])[C@]4([2H])C(=O)N(C([2H])([2H])[2H])CC(=O)N34)cc2O1.[2H]c1c([2H])c(C2c3[nH]c4c([2H])c([2H])c([2H])c([2H])c4c3C([2H])([2H])[C@]3([2H])C(=O)N(C([2H])([2H])[2H])CC(=O)N23)c([2H])c2c1OCO2.[2H]c1c([2H])c(C2c3[nH]c4ccccc4c3C([2H])([2H])[C@]3([2H])C(=O)N(C([2H])([2H])[2H])CC(=O)N23)c([2H])c2c1OC([2H])([2H])O2.[2H]c1c([2H])c(C2c3[nH]c4ccccc4c3C([2H])([2H])[C@]3([2H])C(=O)N(C([2H])([2H])[2H])CC(=O)N23)c([2H])c2c1OCO2.[2H]c1c([2H])c([2H])c2c3c([nH]c2c1[2H])C(c1ccc2c(c1)OC([2H])([2H])O2)N1C(=O)CN(C([2H])([2H])[2H])C(=O)[C@@]1([2H])C3([2H])[2H]. The lowest BCUT2D eigenvalue weighted by molar-refractivity contribution is -0.157. The Labute approximate surface area is 901 Å². The number of para-hydroxylation sites is 5. The second kappa shape index (κ2) is 33.9. The summed E-state index contributed by atoms with van der Waals surface area (Å²) in [6.45, 7) is -29.3. The van der Waals surface area contributed by atoms with E-state index in [4.69, 9.17) is 113 Å². The average molecular weight is 2000 g/mol. The Hall–Kier alpha value is -17.4. The number of hydrogen-bond donors (Lipinski definition) is 5. The number of hydrogen-bond acceptors (Lipinski definition) is 20. The second-order valence-corrected chi connectivity index (χ2v) is 33.8. The van der Waals surface area contributed by atoms with Crippen LogP contribution in [0.4, 0.5) is 0 Å². The molecule has 0 saturated carbocycles. The predicted octanol–water partition coefficient (Wildman–Crippen LogP) is 11.1. The van der Waals surface area contributed by atoms with Gasteiger partial charge in [-0.2, -0.15) is 0 Å². The van der Waals surface area contributed by atoms with E-state index < -0.39 is 388 Å². The number of H-pyrrole nitrogens is 5. The van der Waals surface area contributed by atoms with Crippen molar-refractivity contribution in [3.05, 3.63) is 296 Å². The summed E-state index contributed by atoms with van der Waals surface area (Å²) in [4.78, 5) is 155. The number of fused-ring (bicyclic) bond motifs is 25. The summed E-state index contributed by atoms with van der Waals surface area (Å²) >= 11 is 0. The third-order valence-corrected chi connectivity index (χ3v) is 25.7. The minimum absolute atomic E-state index is 0.00261. The molecule has 145 heavy (non-hydrogen) atoms. The molecule has 5 fully saturated rings. The van der Waals surface area contributed by atoms with Gasteiger partial charge in [0.05, 0.1) is 93.1 Å². The lowest BCUT2D eigenvalue weighted by atomic mass is 9.86. The highest BCUT2D eigenvalue weighted by molar-refractivity contribution is 6.03. The number of benzene rings is 10. The molecule has 10 aromatic carbocycles. The van der Waals surface area contributed by atoms with Gasteiger partial charge in [-0.15, -0.1) is 0 Å². The lowest BCUT2D eigenvalue weighted by Crippen LogP contribution is -2.62. The van der Waals surface area contributed by atoms with Gasteiger partial charge in [0.15, 0.2) is 57.5 Å². The summed E-state index contributed by atoms with van der Waals surface area (Å²) in [6.07, 6.45) is -15.3. The zero-order valence-electron chi connectivity index (χ0n) is 126. The molecule has 10 atom stereocenters. The average Bonchev–Trinajstić information content (AvgIpc) is 1.46. The second-order valence-electron chi connectivity index (χ2n) is 33.8. The van der Waals surface area contributed by atoms with Crippen molar-refractivity contribution in [2.45, 2.75) is 92.2 Å². The monoisotopic (exact) mass is 2000 g/mol. The van der Waals surface area contributed by atoms with Crippen LogP contribution in [0.1, 0.15) is 187 Å². The van der Waals surface area contributed by atoms with E-state index in [0.29, 0.717) is 41.5 Å². The maximum absolute atomic E-state index is 13.8. The van der Waals surface area contributed by atoms with Crippen LogP contribution in [0.5, 0.6) is 57.5 Å². The molecular formula is C110H95N15O20. The quantitative estimate of drug-likeness (QED) is 0.107. The van der Waals surface area contributed by atoms with Gasteiger partial charge in [0.25, 0.3) is 0 Å². The molecule has 0 spiro atoms. The Kier molecular flexibility index (Phi) is 11.3. The van der Waals surface area contributed by atoms with E-state index in [2.05, 4.69) is 24.9 Å². The van der Waals surface area contributed by atoms with Gasteiger partial charge in [0.1, 0.15) is 38.3 Å². The van der Waals surface area contributed by atoms with Crippen molar-refractivity contribution in [2.24, 2.45) is 0 Å². The van der Waals surface area contributed by atoms with Crippen LogP contribution in [0.2, 0.25) is 0 Å². The topological polar surface area (TPSA) is 374 Å². The Bertz CT molecular complexity index is 11000. The smallest absolute Gasteiger partial charge is 0.245 e. The van der Waals surface area contributed by atoms with E-state index in [9.17, 15) is 54.8 Å². The maximum atomic E-state index is 13.8. The summed E-state index contributed by atoms with van der Waals surface area (Å²) in [5.41, 5.74) is -2.36. The zero-order valence-corrected chi connectivity index (χ0v) is 73.4. The van der Waals surface area contributed by atoms with Crippen molar-refractivity contribution in [1.29, 1.82) is 0 Å². The molecule has 20 heterocycles. The van der Waals surface area contributed by atoms with Crippen molar-refractivity contribution in [3.63, 3.8) is 0 Å². The first kappa shape index (κ1) is 48.4. The van der Waals surface area contributed by atoms with Crippen molar-refractivity contribution in [2.75, 3.05) is 101 Å². The van der Waals surface area contributed by atoms with Crippen LogP contribution in [-0.4, -0.2) is 265 Å². The Balaban J connectivity index is 0.000000116. The van der Waals surface area contributed by atoms with Crippen LogP contribution < -0.4 is 47.4 Å². The molecule has 0 bridgehead atoms. The van der Waals surface area contributed by atoms with Gasteiger partial charge in [0, 0.05) is 184 Å². The van der Waals surface area contributed by atoms with Crippen LogP contribution in [0.25, 0.3) is 54.5 Å². The first-order valence-electron chi connectivity index (χ1n) is 70.2. The molecule has 15 aromatic rings. The fraction of sp³-hybridized carbons (Fsp3) is 0.273. The number of aromatic amines is 5. The lowest BCUT2D eigenvalue weighted by Gasteiger charge is -2.46. The first-order valence-corrected chi connectivity index (χ1v) is 43.7. The van der Waals surface area contributed by atoms with Crippen molar-refractivity contribution < 1.29 is 168 Å². The van der Waals surface area contributed by atoms with Crippen LogP contribution >= 0.6 is 0 Å². The summed E-state index contributed by atoms with van der Waals surface area (Å²) in [5.74, 6) is -15.0. The molecule has 35 heteroatoms. The van der Waals surface area contributed by atoms with Gasteiger partial charge in [-0.05, 0) is 146 Å². The van der Waals surface area contributed by atoms with Gasteiger partial charge >= 0.3 is 0 Å². The van der Waals surface area contributed by atoms with E-state index >= 15 is 0 Å². The molecular weight excluding hydrogens is 1850 g/mol. The number of rotatable bonds is 5. The zero-order chi connectivity index (χ0) is 145. The van der Waals surface area contributed by atoms with Crippen molar-refractivity contribution in [1.82, 2.24) is 73.9 Å². The molecule has 5 N–H and O–H groups in total. The summed E-state index contributed by atoms with van der Waals surface area (Å²) in [6, 6.07) is -7.17. The molecule has 0 radical (unpaired) electrons. The van der Waals surface area contributed by atoms with Gasteiger partial charge < -0.3 is 121 Å². The molecule has 0 aliphatic carbocycles. The molecule has 5 saturated heterocycles. The van der Waals surface area contributed by atoms with Gasteiger partial charge in [0.2, 0.25) is 92.9 Å². The van der Waals surface area contributed by atoms with Crippen LogP contribution in [0.15, 0.2) is 212 Å². The highest BCUT2D eigenvalue weighted by atomic mass is 16.7. The molecule has 15 aliphatic rings. The Morgan fingerprint density at radius 1 is 0.276 bits per heavy atom. The fourth-order valence-corrected chi connectivity index (χ4v) is 19.3. The summed E-state index contributed by atoms with van der Waals surface area (Å²) in [7, 11) is 0. The van der Waals surface area contributed by atoms with Gasteiger partial charge in [-0.1, -0.05) is 121 Å². The summed E-state index contributed by atoms with van der Waals surface area (Å²) < 4.78 is 495. The molecule has 35 nitrogen and oxygen atoms in total. The van der Waals surface area contributed by atoms with Crippen molar-refractivity contribution >= 4 is 114 Å². The van der Waals surface area contributed by atoms with Gasteiger partial charge in [-0.3, -0.25) is 47.9 Å². The van der Waals surface area contributed by atoms with Crippen LogP contribution in [-0.2, 0) is 79.8 Å². The number of carbonyl (C=O) groups is 10. The van der Waals surface area contributed by atoms with E-state index in [1.165, 1.54) is 42.5 Å². The highest BCUT2D eigenvalue weighted by Gasteiger charge is 2.55. The largest absolute Gasteiger partial charge is 0.454 e. The number of carbonyl (C=O) groups excluding carboxylic acids is 10. The highest BCUT2D eigenvalue weighted by Crippen LogP contribution is 2.53. The van der Waals surface area contributed by atoms with E-state index in [1.807, 2.05) is 0 Å². The minimum Gasteiger partial charge on any atom is -0.454 e. The predicted molar refractivity (Wildman–Crippen MR) is 523 cm³/mol. The number of likely N-dealkylation sites (N-methyl/N-ethyl adjacent to an activating group) is 5. The molecule has 5 unspecified atom stereocenters. The maximum Gasteiger partial charge on any atom is 0.245 e. The minimum atomic E-state index is -3.41. The number of amides is 10. The number of aromatic nitrogens is 5. The molecule has 730 valence electrons. The van der Waals surface area contributed by atoms with E-state index in [1.54, 1.807) is 66.7 Å². The Morgan fingerprint density at radius 3 is 0.869 bits per heavy atom. The molecule has 15 aliphatic heterocycles. The molecule has 5 aromatic heterocycles. The van der Waals surface area contributed by atoms with Crippen LogP contribution in [0, 0.1) is 0 Å². The fourth-order valence-electron chi connectivity index (χ4n) is 19.3. The third-order valence-electron chi connectivity index (χ3n) is 25.7. The van der Waals surface area contributed by atoms with Crippen LogP contribution in [0.3, 0.4) is 0 Å². The number of piperazine rings is 5. The Morgan fingerprint density at radius 2 is 0.538 bits per heavy atom. The third kappa shape index (κ3) is 14.2. The standard InChI is InChI=1S/5C22H19N3O4/c5*1-24-10-19(26)25-16(22(24)27)9-14-13-4-2-3-5-15(13)23-20(14)21(25)12-6-7-17-18(8-12)29-11-28-17/h5*2-8,16,21,23H,9-11H2,1H3/t5*16-,21?/m11111/s1/i1D3,2D,3D,4D,5D,6D,7D,8D,9D2,16D;1D3,2D,3D,4D,5D,9D2,11D2,16D;1D3,6D,7D,8D,9D2,11D2,16D;1D3,6D,7D,8D,9D2,16D;1D3,9D2,11D2,16D. The molecule has 30 rings (SSSR count). The molecule has 10 amide bonds. The summed E-state index contributed by atoms with van der Waals surface area (Å²) in [5, 5.41) is 0.0392. The first-order chi connectivity index (χ1) is 91.5. The van der Waals surface area contributed by atoms with Crippen molar-refractivity contribution in [3.8, 4) is 57.5 Å².